The molecule has 0 spiro atoms. The van der Waals surface area contributed by atoms with Gasteiger partial charge in [-0.3, -0.25) is 15.6 Å². The number of aromatic nitrogens is 2. The molecule has 2 N–H and O–H groups in total. The van der Waals surface area contributed by atoms with Crippen LogP contribution in [0, 0.1) is 5.92 Å². The molecule has 3 atom stereocenters. The van der Waals surface area contributed by atoms with Crippen LogP contribution in [0.5, 0.6) is 0 Å². The van der Waals surface area contributed by atoms with E-state index in [1.807, 2.05) is 11.0 Å². The van der Waals surface area contributed by atoms with Crippen LogP contribution in [-0.4, -0.2) is 59.0 Å². The van der Waals surface area contributed by atoms with E-state index in [2.05, 4.69) is 25.7 Å². The van der Waals surface area contributed by atoms with Gasteiger partial charge >= 0.3 is 0 Å². The molecule has 136 valence electrons. The predicted octanol–water partition coefficient (Wildman–Crippen LogP) is 0.941. The SMILES string of the molecule is O=C(CCC1NNC2CCCCC21)N1CCN(c2ncccn2)CC1. The lowest BCUT2D eigenvalue weighted by Crippen LogP contribution is -2.49. The van der Waals surface area contributed by atoms with Crippen molar-refractivity contribution in [1.82, 2.24) is 25.7 Å². The van der Waals surface area contributed by atoms with Crippen molar-refractivity contribution in [2.45, 2.75) is 50.6 Å². The van der Waals surface area contributed by atoms with E-state index in [-0.39, 0.29) is 5.91 Å². The Balaban J connectivity index is 1.23. The molecule has 4 rings (SSSR count). The Morgan fingerprint density at radius 3 is 2.64 bits per heavy atom. The summed E-state index contributed by atoms with van der Waals surface area (Å²) in [7, 11) is 0. The molecule has 1 aromatic heterocycles. The highest BCUT2D eigenvalue weighted by molar-refractivity contribution is 5.76. The van der Waals surface area contributed by atoms with E-state index in [0.717, 1.165) is 38.5 Å². The quantitative estimate of drug-likeness (QED) is 0.847. The molecular formula is C18H28N6O. The van der Waals surface area contributed by atoms with E-state index in [4.69, 9.17) is 0 Å². The third-order valence-electron chi connectivity index (χ3n) is 5.93. The summed E-state index contributed by atoms with van der Waals surface area (Å²) in [6.07, 6.45) is 10.3. The highest BCUT2D eigenvalue weighted by atomic mass is 16.2. The summed E-state index contributed by atoms with van der Waals surface area (Å²) in [6, 6.07) is 2.89. The van der Waals surface area contributed by atoms with Crippen LogP contribution < -0.4 is 15.8 Å². The summed E-state index contributed by atoms with van der Waals surface area (Å²) in [5, 5.41) is 0. The number of carbonyl (C=O) groups excluding carboxylic acids is 1. The van der Waals surface area contributed by atoms with Gasteiger partial charge in [0, 0.05) is 57.1 Å². The van der Waals surface area contributed by atoms with E-state index >= 15 is 0 Å². The number of hydrazine groups is 1. The topological polar surface area (TPSA) is 73.4 Å². The molecule has 1 amide bonds. The van der Waals surface area contributed by atoms with Gasteiger partial charge in [-0.1, -0.05) is 12.8 Å². The van der Waals surface area contributed by atoms with Crippen molar-refractivity contribution in [1.29, 1.82) is 0 Å². The fourth-order valence-electron chi connectivity index (χ4n) is 4.48. The molecule has 7 nitrogen and oxygen atoms in total. The Hall–Kier alpha value is -1.73. The standard InChI is InChI=1S/C18H28N6O/c25-17(7-6-16-14-4-1-2-5-15(14)21-22-16)23-10-12-24(13-11-23)18-19-8-3-9-20-18/h3,8-9,14-16,21-22H,1-2,4-7,10-13H2. The van der Waals surface area contributed by atoms with Gasteiger partial charge in [0.05, 0.1) is 0 Å². The van der Waals surface area contributed by atoms with Crippen molar-refractivity contribution in [3.63, 3.8) is 0 Å². The number of carbonyl (C=O) groups is 1. The number of hydrogen-bond acceptors (Lipinski definition) is 6. The van der Waals surface area contributed by atoms with Gasteiger partial charge in [-0.2, -0.15) is 0 Å². The number of piperazine rings is 1. The van der Waals surface area contributed by atoms with E-state index in [1.165, 1.54) is 25.7 Å². The molecule has 3 heterocycles. The lowest BCUT2D eigenvalue weighted by molar-refractivity contribution is -0.131. The van der Waals surface area contributed by atoms with Gasteiger partial charge in [0.1, 0.15) is 0 Å². The van der Waals surface area contributed by atoms with E-state index in [1.54, 1.807) is 12.4 Å². The first-order chi connectivity index (χ1) is 12.3. The fraction of sp³-hybridized carbons (Fsp3) is 0.722. The van der Waals surface area contributed by atoms with Crippen LogP contribution in [0.2, 0.25) is 0 Å². The minimum Gasteiger partial charge on any atom is -0.339 e. The predicted molar refractivity (Wildman–Crippen MR) is 95.9 cm³/mol. The lowest BCUT2D eigenvalue weighted by Gasteiger charge is -2.35. The van der Waals surface area contributed by atoms with Crippen molar-refractivity contribution < 1.29 is 4.79 Å². The molecule has 3 fully saturated rings. The molecule has 3 aliphatic rings. The summed E-state index contributed by atoms with van der Waals surface area (Å²) >= 11 is 0. The fourth-order valence-corrected chi connectivity index (χ4v) is 4.48. The molecule has 3 unspecified atom stereocenters. The normalized spacial score (nSPS) is 29.5. The lowest BCUT2D eigenvalue weighted by atomic mass is 9.80. The average molecular weight is 344 g/mol. The maximum Gasteiger partial charge on any atom is 0.225 e. The average Bonchev–Trinajstić information content (AvgIpc) is 3.10. The molecule has 1 aromatic rings. The second-order valence-corrected chi connectivity index (χ2v) is 7.41. The highest BCUT2D eigenvalue weighted by Crippen LogP contribution is 2.31. The molecular weight excluding hydrogens is 316 g/mol. The molecule has 7 heteroatoms. The molecule has 1 aliphatic carbocycles. The maximum absolute atomic E-state index is 12.6. The number of nitrogens with one attached hydrogen (secondary N) is 2. The van der Waals surface area contributed by atoms with E-state index < -0.39 is 0 Å². The smallest absolute Gasteiger partial charge is 0.225 e. The Labute approximate surface area is 149 Å². The van der Waals surface area contributed by atoms with Crippen LogP contribution in [0.4, 0.5) is 5.95 Å². The first kappa shape index (κ1) is 16.7. The molecule has 2 saturated heterocycles. The molecule has 0 radical (unpaired) electrons. The molecule has 25 heavy (non-hydrogen) atoms. The van der Waals surface area contributed by atoms with Crippen LogP contribution in [-0.2, 0) is 4.79 Å². The van der Waals surface area contributed by atoms with Crippen LogP contribution in [0.15, 0.2) is 18.5 Å². The Bertz CT molecular complexity index is 574. The highest BCUT2D eigenvalue weighted by Gasteiger charge is 2.37. The summed E-state index contributed by atoms with van der Waals surface area (Å²) in [5.41, 5.74) is 6.88. The van der Waals surface area contributed by atoms with Crippen LogP contribution in [0.1, 0.15) is 38.5 Å². The number of amides is 1. The molecule has 0 aromatic carbocycles. The number of nitrogens with zero attached hydrogens (tertiary/aromatic N) is 4. The maximum atomic E-state index is 12.6. The number of hydrogen-bond donors (Lipinski definition) is 2. The van der Waals surface area contributed by atoms with Gasteiger partial charge in [-0.05, 0) is 31.2 Å². The van der Waals surface area contributed by atoms with Crippen LogP contribution in [0.25, 0.3) is 0 Å². The second kappa shape index (κ2) is 7.66. The molecule has 0 bridgehead atoms. The van der Waals surface area contributed by atoms with Crippen molar-refractivity contribution in [3.05, 3.63) is 18.5 Å². The van der Waals surface area contributed by atoms with Gasteiger partial charge < -0.3 is 9.80 Å². The Morgan fingerprint density at radius 1 is 1.08 bits per heavy atom. The van der Waals surface area contributed by atoms with Gasteiger partial charge in [0.2, 0.25) is 11.9 Å². The number of rotatable bonds is 4. The van der Waals surface area contributed by atoms with Crippen molar-refractivity contribution in [3.8, 4) is 0 Å². The summed E-state index contributed by atoms with van der Waals surface area (Å²) in [5.74, 6) is 1.75. The molecule has 1 saturated carbocycles. The summed E-state index contributed by atoms with van der Waals surface area (Å²) < 4.78 is 0. The zero-order valence-electron chi connectivity index (χ0n) is 14.7. The van der Waals surface area contributed by atoms with Gasteiger partial charge in [0.25, 0.3) is 0 Å². The zero-order valence-corrected chi connectivity index (χ0v) is 14.7. The first-order valence-corrected chi connectivity index (χ1v) is 9.62. The number of anilines is 1. The second-order valence-electron chi connectivity index (χ2n) is 7.41. The summed E-state index contributed by atoms with van der Waals surface area (Å²) in [4.78, 5) is 25.3. The van der Waals surface area contributed by atoms with Gasteiger partial charge in [0.15, 0.2) is 0 Å². The van der Waals surface area contributed by atoms with Gasteiger partial charge in [-0.25, -0.2) is 9.97 Å². The van der Waals surface area contributed by atoms with Crippen molar-refractivity contribution >= 4 is 11.9 Å². The zero-order chi connectivity index (χ0) is 17.1. The van der Waals surface area contributed by atoms with Crippen LogP contribution >= 0.6 is 0 Å². The molecule has 2 aliphatic heterocycles. The first-order valence-electron chi connectivity index (χ1n) is 9.62. The monoisotopic (exact) mass is 344 g/mol. The third-order valence-corrected chi connectivity index (χ3v) is 5.93. The van der Waals surface area contributed by atoms with E-state index in [9.17, 15) is 4.79 Å². The Kier molecular flexibility index (Phi) is 5.12. The minimum absolute atomic E-state index is 0.287. The van der Waals surface area contributed by atoms with Crippen LogP contribution in [0.3, 0.4) is 0 Å². The van der Waals surface area contributed by atoms with Crippen molar-refractivity contribution in [2.24, 2.45) is 5.92 Å². The van der Waals surface area contributed by atoms with Crippen molar-refractivity contribution in [2.75, 3.05) is 31.1 Å². The largest absolute Gasteiger partial charge is 0.339 e. The Morgan fingerprint density at radius 2 is 1.84 bits per heavy atom. The number of fused-ring (bicyclic) bond motifs is 1. The van der Waals surface area contributed by atoms with E-state index in [0.29, 0.717) is 24.4 Å². The van der Waals surface area contributed by atoms with Gasteiger partial charge in [-0.15, -0.1) is 0 Å². The summed E-state index contributed by atoms with van der Waals surface area (Å²) in [6.45, 7) is 3.15. The third kappa shape index (κ3) is 3.77. The minimum atomic E-state index is 0.287.